The van der Waals surface area contributed by atoms with Gasteiger partial charge in [-0.25, -0.2) is 4.79 Å². The topological polar surface area (TPSA) is 257 Å². The summed E-state index contributed by atoms with van der Waals surface area (Å²) in [6, 6.07) is -5.85. The molecule has 0 saturated carbocycles. The van der Waals surface area contributed by atoms with Gasteiger partial charge in [-0.05, 0) is 5.92 Å². The van der Waals surface area contributed by atoms with E-state index in [4.69, 9.17) is 27.4 Å². The highest BCUT2D eigenvalue weighted by Crippen LogP contribution is 2.06. The maximum absolute atomic E-state index is 12.6. The second-order valence-corrected chi connectivity index (χ2v) is 6.96. The summed E-state index contributed by atoms with van der Waals surface area (Å²) in [7, 11) is 0. The molecule has 0 aromatic heterocycles. The Morgan fingerprint density at radius 3 is 1.52 bits per heavy atom. The number of nitrogens with one attached hydrogen (secondary N) is 3. The maximum Gasteiger partial charge on any atom is 0.328 e. The fourth-order valence-corrected chi connectivity index (χ4v) is 2.33. The molecule has 0 bridgehead atoms. The molecule has 0 rings (SSSR count). The normalized spacial score (nSPS) is 15.5. The molecule has 0 heterocycles. The SMILES string of the molecule is CCC(C)C(N)C(=O)NC(CC(N)=O)C(=O)NC(CC(N)=O)C(=O)NC(CO)C(=O)O. The quantitative estimate of drug-likeness (QED) is 0.128. The first-order chi connectivity index (χ1) is 14.3. The van der Waals surface area contributed by atoms with Crippen LogP contribution in [0.1, 0.15) is 33.1 Å². The summed E-state index contributed by atoms with van der Waals surface area (Å²) in [6.45, 7) is 2.56. The smallest absolute Gasteiger partial charge is 0.328 e. The first kappa shape index (κ1) is 27.7. The lowest BCUT2D eigenvalue weighted by Crippen LogP contribution is -2.59. The Kier molecular flexibility index (Phi) is 11.7. The van der Waals surface area contributed by atoms with Crippen LogP contribution in [0.3, 0.4) is 0 Å². The number of carbonyl (C=O) groups is 6. The summed E-state index contributed by atoms with van der Waals surface area (Å²) in [5.41, 5.74) is 16.0. The summed E-state index contributed by atoms with van der Waals surface area (Å²) >= 11 is 0. The average molecular weight is 446 g/mol. The number of hydrogen-bond donors (Lipinski definition) is 8. The number of rotatable bonds is 14. The number of aliphatic carboxylic acids is 1. The van der Waals surface area contributed by atoms with Crippen LogP contribution < -0.4 is 33.2 Å². The summed E-state index contributed by atoms with van der Waals surface area (Å²) in [6.07, 6.45) is -0.791. The van der Waals surface area contributed by atoms with E-state index >= 15 is 0 Å². The Bertz CT molecular complexity index is 700. The van der Waals surface area contributed by atoms with Crippen LogP contribution in [0, 0.1) is 5.92 Å². The van der Waals surface area contributed by atoms with Gasteiger partial charge in [-0.1, -0.05) is 20.3 Å². The Morgan fingerprint density at radius 2 is 1.19 bits per heavy atom. The molecule has 0 spiro atoms. The minimum absolute atomic E-state index is 0.239. The molecule has 0 fully saturated rings. The van der Waals surface area contributed by atoms with E-state index < -0.39 is 79.1 Å². The van der Waals surface area contributed by atoms with E-state index in [-0.39, 0.29) is 5.92 Å². The third kappa shape index (κ3) is 9.86. The fraction of sp³-hybridized carbons (Fsp3) is 0.647. The molecule has 11 N–H and O–H groups in total. The summed E-state index contributed by atoms with van der Waals surface area (Å²) in [5.74, 6) is -6.67. The van der Waals surface area contributed by atoms with Gasteiger partial charge in [-0.15, -0.1) is 0 Å². The van der Waals surface area contributed by atoms with Crippen molar-refractivity contribution in [2.24, 2.45) is 23.1 Å². The monoisotopic (exact) mass is 446 g/mol. The molecule has 14 heteroatoms. The Balaban J connectivity index is 5.50. The highest BCUT2D eigenvalue weighted by molar-refractivity contribution is 5.97. The number of aliphatic hydroxyl groups is 1. The molecule has 0 radical (unpaired) electrons. The average Bonchev–Trinajstić information content (AvgIpc) is 2.68. The zero-order valence-electron chi connectivity index (χ0n) is 17.3. The molecule has 176 valence electrons. The summed E-state index contributed by atoms with van der Waals surface area (Å²) < 4.78 is 0. The highest BCUT2D eigenvalue weighted by atomic mass is 16.4. The van der Waals surface area contributed by atoms with Crippen LogP contribution in [0.4, 0.5) is 0 Å². The lowest BCUT2D eigenvalue weighted by atomic mass is 9.99. The zero-order chi connectivity index (χ0) is 24.3. The number of carbonyl (C=O) groups excluding carboxylic acids is 5. The van der Waals surface area contributed by atoms with E-state index in [0.29, 0.717) is 6.42 Å². The first-order valence-electron chi connectivity index (χ1n) is 9.40. The number of carboxylic acids is 1. The van der Waals surface area contributed by atoms with Gasteiger partial charge in [-0.3, -0.25) is 24.0 Å². The molecular weight excluding hydrogens is 416 g/mol. The van der Waals surface area contributed by atoms with E-state index in [2.05, 4.69) is 10.6 Å². The Morgan fingerprint density at radius 1 is 0.806 bits per heavy atom. The third-order valence-electron chi connectivity index (χ3n) is 4.43. The van der Waals surface area contributed by atoms with Gasteiger partial charge in [-0.2, -0.15) is 0 Å². The zero-order valence-corrected chi connectivity index (χ0v) is 17.3. The van der Waals surface area contributed by atoms with Gasteiger partial charge in [0.2, 0.25) is 29.5 Å². The molecule has 5 unspecified atom stereocenters. The van der Waals surface area contributed by atoms with Crippen molar-refractivity contribution in [1.82, 2.24) is 16.0 Å². The van der Waals surface area contributed by atoms with Gasteiger partial charge in [0.1, 0.15) is 18.1 Å². The predicted molar refractivity (Wildman–Crippen MR) is 106 cm³/mol. The molecule has 14 nitrogen and oxygen atoms in total. The van der Waals surface area contributed by atoms with E-state index in [0.717, 1.165) is 0 Å². The van der Waals surface area contributed by atoms with E-state index in [1.165, 1.54) is 0 Å². The van der Waals surface area contributed by atoms with Gasteiger partial charge in [0, 0.05) is 0 Å². The van der Waals surface area contributed by atoms with Gasteiger partial charge in [0.15, 0.2) is 0 Å². The molecule has 0 aliphatic carbocycles. The van der Waals surface area contributed by atoms with Crippen LogP contribution in [0.15, 0.2) is 0 Å². The first-order valence-corrected chi connectivity index (χ1v) is 9.40. The number of primary amides is 2. The molecule has 0 aromatic carbocycles. The largest absolute Gasteiger partial charge is 0.480 e. The van der Waals surface area contributed by atoms with Crippen LogP contribution in [0.25, 0.3) is 0 Å². The van der Waals surface area contributed by atoms with Crippen LogP contribution in [-0.4, -0.2) is 76.5 Å². The molecule has 0 aromatic rings. The van der Waals surface area contributed by atoms with Crippen LogP contribution in [-0.2, 0) is 28.8 Å². The molecular formula is C17H30N6O8. The number of hydrogen-bond acceptors (Lipinski definition) is 8. The van der Waals surface area contributed by atoms with Crippen molar-refractivity contribution >= 4 is 35.5 Å². The lowest BCUT2D eigenvalue weighted by molar-refractivity contribution is -0.143. The number of nitrogens with two attached hydrogens (primary N) is 3. The molecule has 5 amide bonds. The Labute approximate surface area is 178 Å². The highest BCUT2D eigenvalue weighted by Gasteiger charge is 2.32. The molecule has 0 aliphatic heterocycles. The number of amides is 5. The van der Waals surface area contributed by atoms with Crippen LogP contribution >= 0.6 is 0 Å². The van der Waals surface area contributed by atoms with Gasteiger partial charge >= 0.3 is 5.97 Å². The minimum atomic E-state index is -1.70. The molecule has 0 saturated heterocycles. The second-order valence-electron chi connectivity index (χ2n) is 6.96. The maximum atomic E-state index is 12.6. The molecule has 5 atom stereocenters. The van der Waals surface area contributed by atoms with Crippen molar-refractivity contribution in [2.75, 3.05) is 6.61 Å². The van der Waals surface area contributed by atoms with Crippen molar-refractivity contribution in [3.8, 4) is 0 Å². The third-order valence-corrected chi connectivity index (χ3v) is 4.43. The van der Waals surface area contributed by atoms with Gasteiger partial charge < -0.3 is 43.4 Å². The second kappa shape index (κ2) is 13.1. The van der Waals surface area contributed by atoms with Crippen LogP contribution in [0.2, 0.25) is 0 Å². The number of carboxylic acid groups (broad SMARTS) is 1. The summed E-state index contributed by atoms with van der Waals surface area (Å²) in [4.78, 5) is 70.7. The predicted octanol–water partition coefficient (Wildman–Crippen LogP) is -4.36. The van der Waals surface area contributed by atoms with E-state index in [9.17, 15) is 28.8 Å². The van der Waals surface area contributed by atoms with Crippen molar-refractivity contribution in [3.63, 3.8) is 0 Å². The van der Waals surface area contributed by atoms with E-state index in [1.807, 2.05) is 5.32 Å². The van der Waals surface area contributed by atoms with Crippen molar-refractivity contribution < 1.29 is 39.0 Å². The minimum Gasteiger partial charge on any atom is -0.480 e. The fourth-order valence-electron chi connectivity index (χ4n) is 2.33. The summed E-state index contributed by atoms with van der Waals surface area (Å²) in [5, 5.41) is 24.2. The Hall–Kier alpha value is -3.26. The molecule has 0 aliphatic rings. The van der Waals surface area contributed by atoms with Crippen molar-refractivity contribution in [2.45, 2.75) is 57.3 Å². The van der Waals surface area contributed by atoms with Crippen LogP contribution in [0.5, 0.6) is 0 Å². The van der Waals surface area contributed by atoms with Crippen molar-refractivity contribution in [3.05, 3.63) is 0 Å². The van der Waals surface area contributed by atoms with Crippen molar-refractivity contribution in [1.29, 1.82) is 0 Å². The standard InChI is InChI=1S/C17H30N6O8/c1-3-7(2)13(20)16(29)22-9(5-12(19)26)14(27)21-8(4-11(18)25)15(28)23-10(6-24)17(30)31/h7-10,13,24H,3-6,20H2,1-2H3,(H2,18,25)(H2,19,26)(H,21,27)(H,22,29)(H,23,28)(H,30,31). The molecule has 31 heavy (non-hydrogen) atoms. The van der Waals surface area contributed by atoms with Gasteiger partial charge in [0.05, 0.1) is 25.5 Å². The van der Waals surface area contributed by atoms with E-state index in [1.54, 1.807) is 13.8 Å². The number of aliphatic hydroxyl groups excluding tert-OH is 1. The van der Waals surface area contributed by atoms with Gasteiger partial charge in [0.25, 0.3) is 0 Å². The lowest BCUT2D eigenvalue weighted by Gasteiger charge is -2.25.